The smallest absolute Gasteiger partial charge is 0.260 e. The van der Waals surface area contributed by atoms with Gasteiger partial charge in [-0.1, -0.05) is 12.8 Å². The largest absolute Gasteiger partial charge is 0.327 e. The molecule has 2 N–H and O–H groups in total. The lowest BCUT2D eigenvalue weighted by Gasteiger charge is -2.19. The number of hydrogen-bond donors (Lipinski definition) is 2. The molecule has 7 nitrogen and oxygen atoms in total. The predicted molar refractivity (Wildman–Crippen MR) is 93.2 cm³/mol. The Bertz CT molecular complexity index is 959. The van der Waals surface area contributed by atoms with Gasteiger partial charge in [0.2, 0.25) is 5.95 Å². The van der Waals surface area contributed by atoms with Gasteiger partial charge in [0.05, 0.1) is 17.5 Å². The van der Waals surface area contributed by atoms with Crippen LogP contribution in [0.3, 0.4) is 0 Å². The third-order valence-corrected chi connectivity index (χ3v) is 4.81. The SMILES string of the molecule is Cc1nc(NCF)nc2c1cc(-c1cn[nH]c1)c(=O)n2C1CCCC1. The molecule has 0 aromatic carbocycles. The highest BCUT2D eigenvalue weighted by Crippen LogP contribution is 2.32. The molecule has 3 heterocycles. The van der Waals surface area contributed by atoms with E-state index in [-0.39, 0.29) is 17.5 Å². The highest BCUT2D eigenvalue weighted by molar-refractivity contribution is 5.84. The number of aromatic amines is 1. The Morgan fingerprint density at radius 3 is 2.84 bits per heavy atom. The quantitative estimate of drug-likeness (QED) is 0.712. The highest BCUT2D eigenvalue weighted by Gasteiger charge is 2.24. The maximum Gasteiger partial charge on any atom is 0.260 e. The number of nitrogens with one attached hydrogen (secondary N) is 2. The average molecular weight is 342 g/mol. The number of nitrogens with zero attached hydrogens (tertiary/aromatic N) is 4. The zero-order valence-corrected chi connectivity index (χ0v) is 13.9. The van der Waals surface area contributed by atoms with Gasteiger partial charge >= 0.3 is 0 Å². The van der Waals surface area contributed by atoms with Gasteiger partial charge in [-0.3, -0.25) is 14.5 Å². The Morgan fingerprint density at radius 2 is 2.16 bits per heavy atom. The van der Waals surface area contributed by atoms with E-state index in [0.717, 1.165) is 36.6 Å². The van der Waals surface area contributed by atoms with Gasteiger partial charge in [-0.2, -0.15) is 10.1 Å². The first-order valence-electron chi connectivity index (χ1n) is 8.42. The van der Waals surface area contributed by atoms with Crippen LogP contribution in [0.2, 0.25) is 0 Å². The third kappa shape index (κ3) is 2.67. The van der Waals surface area contributed by atoms with Gasteiger partial charge in [0.15, 0.2) is 6.80 Å². The van der Waals surface area contributed by atoms with E-state index in [1.165, 1.54) is 0 Å². The van der Waals surface area contributed by atoms with E-state index in [0.29, 0.717) is 16.9 Å². The van der Waals surface area contributed by atoms with Crippen LogP contribution >= 0.6 is 0 Å². The van der Waals surface area contributed by atoms with E-state index < -0.39 is 6.80 Å². The van der Waals surface area contributed by atoms with Crippen molar-refractivity contribution in [1.29, 1.82) is 0 Å². The average Bonchev–Trinajstić information content (AvgIpc) is 3.28. The number of aryl methyl sites for hydroxylation is 1. The molecule has 3 aromatic rings. The van der Waals surface area contributed by atoms with E-state index in [9.17, 15) is 9.18 Å². The summed E-state index contributed by atoms with van der Waals surface area (Å²) in [4.78, 5) is 22.0. The minimum atomic E-state index is -0.758. The van der Waals surface area contributed by atoms with E-state index in [2.05, 4.69) is 25.5 Å². The summed E-state index contributed by atoms with van der Waals surface area (Å²) in [6.45, 7) is 1.09. The molecule has 1 saturated carbocycles. The Morgan fingerprint density at radius 1 is 1.36 bits per heavy atom. The van der Waals surface area contributed by atoms with Crippen LogP contribution in [0.25, 0.3) is 22.2 Å². The number of H-pyrrole nitrogens is 1. The molecule has 0 amide bonds. The number of anilines is 1. The number of halogens is 1. The number of fused-ring (bicyclic) bond motifs is 1. The first-order valence-corrected chi connectivity index (χ1v) is 8.42. The van der Waals surface area contributed by atoms with Gasteiger partial charge in [-0.15, -0.1) is 0 Å². The van der Waals surface area contributed by atoms with Crippen molar-refractivity contribution in [3.8, 4) is 11.1 Å². The van der Waals surface area contributed by atoms with Crippen LogP contribution in [-0.4, -0.2) is 31.5 Å². The Labute approximate surface area is 143 Å². The predicted octanol–water partition coefficient (Wildman–Crippen LogP) is 2.94. The van der Waals surface area contributed by atoms with Crippen molar-refractivity contribution in [2.45, 2.75) is 38.6 Å². The molecule has 1 aliphatic carbocycles. The van der Waals surface area contributed by atoms with Crippen molar-refractivity contribution in [3.05, 3.63) is 34.5 Å². The van der Waals surface area contributed by atoms with Gasteiger partial charge in [-0.25, -0.2) is 9.37 Å². The first kappa shape index (κ1) is 15.7. The summed E-state index contributed by atoms with van der Waals surface area (Å²) in [5, 5.41) is 10.0. The van der Waals surface area contributed by atoms with Crippen LogP contribution in [0.15, 0.2) is 23.3 Å². The topological polar surface area (TPSA) is 88.5 Å². The van der Waals surface area contributed by atoms with Crippen molar-refractivity contribution < 1.29 is 4.39 Å². The van der Waals surface area contributed by atoms with Crippen LogP contribution in [0.4, 0.5) is 10.3 Å². The van der Waals surface area contributed by atoms with Crippen LogP contribution in [0, 0.1) is 6.92 Å². The fourth-order valence-electron chi connectivity index (χ4n) is 3.60. The summed E-state index contributed by atoms with van der Waals surface area (Å²) < 4.78 is 14.4. The summed E-state index contributed by atoms with van der Waals surface area (Å²) in [7, 11) is 0. The molecule has 0 radical (unpaired) electrons. The third-order valence-electron chi connectivity index (χ3n) is 4.81. The molecule has 0 aliphatic heterocycles. The molecule has 1 aliphatic rings. The lowest BCUT2D eigenvalue weighted by atomic mass is 10.1. The van der Waals surface area contributed by atoms with Gasteiger partial charge in [0, 0.05) is 23.2 Å². The molecule has 0 unspecified atom stereocenters. The molecule has 1 fully saturated rings. The summed E-state index contributed by atoms with van der Waals surface area (Å²) in [5.74, 6) is 0.203. The Hall–Kier alpha value is -2.77. The van der Waals surface area contributed by atoms with Gasteiger partial charge in [-0.05, 0) is 25.8 Å². The zero-order valence-electron chi connectivity index (χ0n) is 13.9. The minimum Gasteiger partial charge on any atom is -0.327 e. The number of alkyl halides is 1. The van der Waals surface area contributed by atoms with Crippen LogP contribution in [0.1, 0.15) is 37.4 Å². The molecule has 4 rings (SSSR count). The molecule has 0 bridgehead atoms. The highest BCUT2D eigenvalue weighted by atomic mass is 19.1. The second kappa shape index (κ2) is 6.27. The van der Waals surface area contributed by atoms with Crippen LogP contribution in [0.5, 0.6) is 0 Å². The number of pyridine rings is 1. The normalized spacial score (nSPS) is 15.1. The molecular formula is C17H19FN6O. The number of rotatable bonds is 4. The summed E-state index contributed by atoms with van der Waals surface area (Å²) in [6.07, 6.45) is 7.41. The fraction of sp³-hybridized carbons (Fsp3) is 0.412. The molecule has 130 valence electrons. The molecule has 0 saturated heterocycles. The zero-order chi connectivity index (χ0) is 17.4. The van der Waals surface area contributed by atoms with Crippen molar-refractivity contribution in [1.82, 2.24) is 24.7 Å². The first-order chi connectivity index (χ1) is 12.2. The van der Waals surface area contributed by atoms with Crippen molar-refractivity contribution in [2.24, 2.45) is 0 Å². The maximum absolute atomic E-state index is 13.2. The van der Waals surface area contributed by atoms with Crippen LogP contribution in [-0.2, 0) is 0 Å². The van der Waals surface area contributed by atoms with E-state index in [1.807, 2.05) is 13.0 Å². The lowest BCUT2D eigenvalue weighted by molar-refractivity contribution is 0.515. The fourth-order valence-corrected chi connectivity index (χ4v) is 3.60. The number of aromatic nitrogens is 5. The van der Waals surface area contributed by atoms with Gasteiger partial charge in [0.1, 0.15) is 5.65 Å². The van der Waals surface area contributed by atoms with Crippen molar-refractivity contribution in [2.75, 3.05) is 12.1 Å². The van der Waals surface area contributed by atoms with E-state index >= 15 is 0 Å². The Balaban J connectivity index is 2.04. The lowest BCUT2D eigenvalue weighted by Crippen LogP contribution is -2.26. The standard InChI is InChI=1S/C17H19FN6O/c1-10-13-6-14(11-7-20-21-8-11)16(25)24(12-4-2-3-5-12)15(13)23-17(22-10)19-9-18/h6-8,12H,2-5,9H2,1H3,(H,20,21)(H,19,22,23). The molecule has 25 heavy (non-hydrogen) atoms. The second-order valence-electron chi connectivity index (χ2n) is 6.34. The minimum absolute atomic E-state index is 0.0925. The van der Waals surface area contributed by atoms with E-state index in [4.69, 9.17) is 0 Å². The summed E-state index contributed by atoms with van der Waals surface area (Å²) >= 11 is 0. The molecular weight excluding hydrogens is 323 g/mol. The maximum atomic E-state index is 13.2. The van der Waals surface area contributed by atoms with Crippen molar-refractivity contribution in [3.63, 3.8) is 0 Å². The van der Waals surface area contributed by atoms with Crippen LogP contribution < -0.4 is 10.9 Å². The Kier molecular flexibility index (Phi) is 3.95. The molecule has 0 spiro atoms. The monoisotopic (exact) mass is 342 g/mol. The second-order valence-corrected chi connectivity index (χ2v) is 6.34. The summed E-state index contributed by atoms with van der Waals surface area (Å²) in [6, 6.07) is 1.91. The molecule has 8 heteroatoms. The number of hydrogen-bond acceptors (Lipinski definition) is 5. The molecule has 3 aromatic heterocycles. The van der Waals surface area contributed by atoms with Gasteiger partial charge in [0.25, 0.3) is 5.56 Å². The molecule has 0 atom stereocenters. The summed E-state index contributed by atoms with van der Waals surface area (Å²) in [5.41, 5.74) is 2.49. The van der Waals surface area contributed by atoms with Gasteiger partial charge < -0.3 is 5.32 Å². The van der Waals surface area contributed by atoms with E-state index in [1.54, 1.807) is 17.0 Å². The van der Waals surface area contributed by atoms with Crippen molar-refractivity contribution >= 4 is 17.0 Å².